The van der Waals surface area contributed by atoms with Gasteiger partial charge in [-0.25, -0.2) is 9.97 Å². The number of anilines is 1. The molecule has 1 aliphatic heterocycles. The maximum absolute atomic E-state index is 6.49. The number of nitrogens with zero attached hydrogens (tertiary/aromatic N) is 3. The molecule has 6 rings (SSSR count). The van der Waals surface area contributed by atoms with E-state index in [-0.39, 0.29) is 5.41 Å². The summed E-state index contributed by atoms with van der Waals surface area (Å²) in [5, 5.41) is 4.46. The number of hydrogen-bond donors (Lipinski definition) is 3. The number of aromatic nitrogens is 3. The Labute approximate surface area is 194 Å². The molecule has 4 N–H and O–H groups in total. The number of nitrogens with two attached hydrogens (primary N) is 1. The zero-order valence-electron chi connectivity index (χ0n) is 19.0. The zero-order valence-corrected chi connectivity index (χ0v) is 19.0. The van der Waals surface area contributed by atoms with Crippen LogP contribution in [0.25, 0.3) is 22.3 Å². The Kier molecular flexibility index (Phi) is 4.93. The summed E-state index contributed by atoms with van der Waals surface area (Å²) in [6, 6.07) is 18.4. The predicted octanol–water partition coefficient (Wildman–Crippen LogP) is 3.42. The second kappa shape index (κ2) is 7.97. The van der Waals surface area contributed by atoms with Crippen LogP contribution in [0.4, 0.5) is 5.69 Å². The van der Waals surface area contributed by atoms with E-state index >= 15 is 0 Å². The molecular formula is C27H30N6. The molecule has 2 atom stereocenters. The third kappa shape index (κ3) is 3.41. The fourth-order valence-corrected chi connectivity index (χ4v) is 5.73. The molecular weight excluding hydrogens is 408 g/mol. The largest absolute Gasteiger partial charge is 0.370 e. The lowest BCUT2D eigenvalue weighted by Crippen LogP contribution is -2.36. The first-order valence-electron chi connectivity index (χ1n) is 11.8. The highest BCUT2D eigenvalue weighted by molar-refractivity contribution is 5.90. The molecule has 1 saturated heterocycles. The van der Waals surface area contributed by atoms with E-state index in [1.54, 1.807) is 6.33 Å². The minimum Gasteiger partial charge on any atom is -0.370 e. The average Bonchev–Trinajstić information content (AvgIpc) is 3.61. The van der Waals surface area contributed by atoms with E-state index in [1.165, 1.54) is 28.8 Å². The third-order valence-corrected chi connectivity index (χ3v) is 7.70. The predicted molar refractivity (Wildman–Crippen MR) is 134 cm³/mol. The Morgan fingerprint density at radius 3 is 2.88 bits per heavy atom. The smallest absolute Gasteiger partial charge is 0.141 e. The van der Waals surface area contributed by atoms with Crippen LogP contribution in [0.1, 0.15) is 23.1 Å². The Morgan fingerprint density at radius 1 is 1.12 bits per heavy atom. The van der Waals surface area contributed by atoms with E-state index in [9.17, 15) is 0 Å². The molecule has 2 aromatic carbocycles. The molecule has 168 valence electrons. The summed E-state index contributed by atoms with van der Waals surface area (Å²) in [6.45, 7) is 2.81. The Balaban J connectivity index is 1.33. The number of rotatable bonds is 5. The van der Waals surface area contributed by atoms with Crippen molar-refractivity contribution in [1.82, 2.24) is 20.3 Å². The van der Waals surface area contributed by atoms with Crippen molar-refractivity contribution in [3.63, 3.8) is 0 Å². The molecule has 3 heterocycles. The van der Waals surface area contributed by atoms with Gasteiger partial charge in [-0.3, -0.25) is 0 Å². The van der Waals surface area contributed by atoms with Crippen LogP contribution in [0.2, 0.25) is 0 Å². The Bertz CT molecular complexity index is 1310. The van der Waals surface area contributed by atoms with Crippen molar-refractivity contribution in [2.45, 2.75) is 30.7 Å². The molecule has 6 nitrogen and oxygen atoms in total. The summed E-state index contributed by atoms with van der Waals surface area (Å²) in [7, 11) is 2.06. The molecule has 1 aliphatic carbocycles. The number of aromatic amines is 1. The molecule has 6 heteroatoms. The van der Waals surface area contributed by atoms with Gasteiger partial charge in [0.1, 0.15) is 12.0 Å². The molecule has 2 aliphatic rings. The van der Waals surface area contributed by atoms with Crippen molar-refractivity contribution >= 4 is 16.7 Å². The average molecular weight is 439 g/mol. The van der Waals surface area contributed by atoms with E-state index in [4.69, 9.17) is 5.73 Å². The van der Waals surface area contributed by atoms with Gasteiger partial charge in [0.15, 0.2) is 0 Å². The fourth-order valence-electron chi connectivity index (χ4n) is 5.73. The third-order valence-electron chi connectivity index (χ3n) is 7.70. The number of fused-ring (bicyclic) bond motifs is 2. The van der Waals surface area contributed by atoms with Crippen molar-refractivity contribution in [3.05, 3.63) is 77.7 Å². The number of hydrogen-bond acceptors (Lipinski definition) is 5. The second-order valence-corrected chi connectivity index (χ2v) is 9.55. The molecule has 0 radical (unpaired) electrons. The fraction of sp³-hybridized carbons (Fsp3) is 0.333. The van der Waals surface area contributed by atoms with Crippen LogP contribution in [0.15, 0.2) is 61.1 Å². The molecule has 0 bridgehead atoms. The molecule has 2 aromatic heterocycles. The van der Waals surface area contributed by atoms with Crippen LogP contribution in [0, 0.1) is 0 Å². The zero-order chi connectivity index (χ0) is 22.4. The van der Waals surface area contributed by atoms with E-state index < -0.39 is 0 Å². The van der Waals surface area contributed by atoms with Crippen molar-refractivity contribution in [3.8, 4) is 11.3 Å². The van der Waals surface area contributed by atoms with Gasteiger partial charge in [-0.15, -0.1) is 0 Å². The lowest BCUT2D eigenvalue weighted by Gasteiger charge is -2.28. The summed E-state index contributed by atoms with van der Waals surface area (Å²) in [6.07, 6.45) is 6.69. The lowest BCUT2D eigenvalue weighted by atomic mass is 9.77. The minimum absolute atomic E-state index is 0.0836. The lowest BCUT2D eigenvalue weighted by molar-refractivity contribution is 0.464. The van der Waals surface area contributed by atoms with Crippen LogP contribution in [-0.2, 0) is 18.3 Å². The summed E-state index contributed by atoms with van der Waals surface area (Å²) >= 11 is 0. The van der Waals surface area contributed by atoms with E-state index in [1.807, 2.05) is 12.3 Å². The standard InChI is InChI=1S/C27H30N6/c1-29-22-8-10-33(15-22)23-6-5-19-13-27(16-28,14-20(19)12-23)21-4-2-3-18(11-21)25-24-7-9-30-26(24)32-17-31-25/h2-7,9,11-12,17,22,29H,8,10,13-16,28H2,1H3,(H,30,31,32). The topological polar surface area (TPSA) is 82.9 Å². The van der Waals surface area contributed by atoms with Crippen molar-refractivity contribution in [1.29, 1.82) is 0 Å². The molecule has 33 heavy (non-hydrogen) atoms. The number of likely N-dealkylation sites (N-methyl/N-ethyl adjacent to an activating group) is 1. The van der Waals surface area contributed by atoms with Crippen molar-refractivity contribution in [2.24, 2.45) is 5.73 Å². The molecule has 0 amide bonds. The van der Waals surface area contributed by atoms with Gasteiger partial charge >= 0.3 is 0 Å². The van der Waals surface area contributed by atoms with Gasteiger partial charge in [-0.05, 0) is 67.3 Å². The summed E-state index contributed by atoms with van der Waals surface area (Å²) < 4.78 is 0. The van der Waals surface area contributed by atoms with E-state index in [0.717, 1.165) is 48.2 Å². The maximum atomic E-state index is 6.49. The molecule has 0 spiro atoms. The number of H-pyrrole nitrogens is 1. The van der Waals surface area contributed by atoms with Crippen LogP contribution in [0.5, 0.6) is 0 Å². The summed E-state index contributed by atoms with van der Waals surface area (Å²) in [4.78, 5) is 14.6. The van der Waals surface area contributed by atoms with Crippen LogP contribution < -0.4 is 16.0 Å². The van der Waals surface area contributed by atoms with E-state index in [2.05, 4.69) is 74.7 Å². The normalized spacial score (nSPS) is 22.2. The van der Waals surface area contributed by atoms with Crippen LogP contribution in [0.3, 0.4) is 0 Å². The van der Waals surface area contributed by atoms with Gasteiger partial charge in [0.25, 0.3) is 0 Å². The minimum atomic E-state index is -0.0836. The number of nitrogens with one attached hydrogen (secondary N) is 2. The van der Waals surface area contributed by atoms with Gasteiger partial charge in [-0.2, -0.15) is 0 Å². The van der Waals surface area contributed by atoms with Gasteiger partial charge in [0.2, 0.25) is 0 Å². The SMILES string of the molecule is CNC1CCN(c2ccc3c(c2)CC(CN)(c2cccc(-c4ncnc5[nH]ccc45)c2)C3)C1. The van der Waals surface area contributed by atoms with Gasteiger partial charge < -0.3 is 20.9 Å². The highest BCUT2D eigenvalue weighted by Crippen LogP contribution is 2.42. The first-order chi connectivity index (χ1) is 16.2. The first-order valence-corrected chi connectivity index (χ1v) is 11.8. The molecule has 4 aromatic rings. The maximum Gasteiger partial charge on any atom is 0.141 e. The Morgan fingerprint density at radius 2 is 2.03 bits per heavy atom. The van der Waals surface area contributed by atoms with Crippen molar-refractivity contribution in [2.75, 3.05) is 31.6 Å². The molecule has 1 fully saturated rings. The second-order valence-electron chi connectivity index (χ2n) is 9.55. The highest BCUT2D eigenvalue weighted by Gasteiger charge is 2.38. The van der Waals surface area contributed by atoms with Gasteiger partial charge in [-0.1, -0.05) is 24.3 Å². The highest BCUT2D eigenvalue weighted by atomic mass is 15.2. The molecule has 0 saturated carbocycles. The molecule has 2 unspecified atom stereocenters. The van der Waals surface area contributed by atoms with Crippen LogP contribution >= 0.6 is 0 Å². The number of benzene rings is 2. The summed E-state index contributed by atoms with van der Waals surface area (Å²) in [5.74, 6) is 0. The van der Waals surface area contributed by atoms with Gasteiger partial charge in [0.05, 0.1) is 5.69 Å². The summed E-state index contributed by atoms with van der Waals surface area (Å²) in [5.41, 5.74) is 14.8. The monoisotopic (exact) mass is 438 g/mol. The Hall–Kier alpha value is -3.22. The quantitative estimate of drug-likeness (QED) is 0.445. The first kappa shape index (κ1) is 20.4. The van der Waals surface area contributed by atoms with Gasteiger partial charge in [0, 0.05) is 53.9 Å². The van der Waals surface area contributed by atoms with Crippen LogP contribution in [-0.4, -0.2) is 47.7 Å². The van der Waals surface area contributed by atoms with Crippen molar-refractivity contribution < 1.29 is 0 Å². The van der Waals surface area contributed by atoms with E-state index in [0.29, 0.717) is 12.6 Å².